The first-order valence-corrected chi connectivity index (χ1v) is 9.96. The second-order valence-corrected chi connectivity index (χ2v) is 9.47. The van der Waals surface area contributed by atoms with Crippen LogP contribution in [0.4, 0.5) is 0 Å². The Kier molecular flexibility index (Phi) is 3.45. The molecule has 23 heavy (non-hydrogen) atoms. The van der Waals surface area contributed by atoms with Crippen LogP contribution in [0.5, 0.6) is 0 Å². The molecule has 7 atom stereocenters. The Morgan fingerprint density at radius 1 is 1.17 bits per heavy atom. The predicted molar refractivity (Wildman–Crippen MR) is 96.0 cm³/mol. The average molecular weight is 315 g/mol. The van der Waals surface area contributed by atoms with Crippen molar-refractivity contribution >= 4 is 0 Å². The van der Waals surface area contributed by atoms with Crippen molar-refractivity contribution in [3.63, 3.8) is 0 Å². The van der Waals surface area contributed by atoms with E-state index in [9.17, 15) is 5.11 Å². The lowest BCUT2D eigenvalue weighted by Crippen LogP contribution is -2.55. The van der Waals surface area contributed by atoms with Crippen LogP contribution in [-0.4, -0.2) is 10.7 Å². The number of allylic oxidation sites excluding steroid dienone is 4. The van der Waals surface area contributed by atoms with Crippen LogP contribution in [0.1, 0.15) is 72.6 Å². The fourth-order valence-electron chi connectivity index (χ4n) is 7.48. The summed E-state index contributed by atoms with van der Waals surface area (Å²) in [6.45, 7) is 9.56. The highest BCUT2D eigenvalue weighted by atomic mass is 16.3. The topological polar surface area (TPSA) is 20.2 Å². The second-order valence-electron chi connectivity index (χ2n) is 9.47. The molecular weight excluding hydrogens is 280 g/mol. The van der Waals surface area contributed by atoms with E-state index in [-0.39, 0.29) is 10.8 Å². The van der Waals surface area contributed by atoms with Crippen LogP contribution < -0.4 is 0 Å². The summed E-state index contributed by atoms with van der Waals surface area (Å²) in [6.07, 6.45) is 15.6. The molecule has 0 aromatic rings. The zero-order valence-electron chi connectivity index (χ0n) is 15.4. The third kappa shape index (κ3) is 1.89. The van der Waals surface area contributed by atoms with E-state index in [0.717, 1.165) is 37.0 Å². The minimum atomic E-state index is -0.411. The Labute approximate surface area is 142 Å². The SMILES string of the molecule is CC[C@@]1(O)CC[C@H]2[C@@H]3C[C@H](C)C4=CCC=C[C@]4(C)[C@H]3CC[C@@]21C. The standard InChI is InChI=1S/C22H34O/c1-5-22(23)13-10-19-16-14-15(2)17-8-6-7-11-20(17,3)18(16)9-12-21(19,22)4/h7-8,11,15-16,18-19,23H,5-6,9-10,12-14H2,1-4H3/t15-,16+,18-,19-,20-,21-,22+/m0/s1. The van der Waals surface area contributed by atoms with E-state index in [4.69, 9.17) is 0 Å². The first kappa shape index (κ1) is 15.9. The Balaban J connectivity index is 1.73. The van der Waals surface area contributed by atoms with Gasteiger partial charge in [-0.25, -0.2) is 0 Å². The summed E-state index contributed by atoms with van der Waals surface area (Å²) in [5.74, 6) is 3.03. The molecule has 0 unspecified atom stereocenters. The zero-order valence-corrected chi connectivity index (χ0v) is 15.4. The van der Waals surface area contributed by atoms with Crippen molar-refractivity contribution in [2.24, 2.45) is 34.5 Å². The molecule has 4 aliphatic carbocycles. The van der Waals surface area contributed by atoms with Crippen LogP contribution in [0.3, 0.4) is 0 Å². The first-order valence-electron chi connectivity index (χ1n) is 9.96. The molecule has 1 heteroatoms. The van der Waals surface area contributed by atoms with Gasteiger partial charge in [0.05, 0.1) is 5.60 Å². The molecule has 1 N–H and O–H groups in total. The van der Waals surface area contributed by atoms with Gasteiger partial charge in [-0.3, -0.25) is 0 Å². The van der Waals surface area contributed by atoms with Gasteiger partial charge >= 0.3 is 0 Å². The average Bonchev–Trinajstić information content (AvgIpc) is 2.80. The van der Waals surface area contributed by atoms with Crippen LogP contribution in [0.15, 0.2) is 23.8 Å². The smallest absolute Gasteiger partial charge is 0.0701 e. The van der Waals surface area contributed by atoms with Crippen molar-refractivity contribution in [2.75, 3.05) is 0 Å². The highest BCUT2D eigenvalue weighted by Crippen LogP contribution is 2.68. The molecule has 0 aliphatic heterocycles. The van der Waals surface area contributed by atoms with Crippen molar-refractivity contribution in [3.8, 4) is 0 Å². The van der Waals surface area contributed by atoms with Crippen molar-refractivity contribution < 1.29 is 5.11 Å². The molecule has 0 radical (unpaired) electrons. The van der Waals surface area contributed by atoms with Gasteiger partial charge < -0.3 is 5.11 Å². The van der Waals surface area contributed by atoms with Crippen LogP contribution in [0.25, 0.3) is 0 Å². The number of rotatable bonds is 1. The molecule has 3 fully saturated rings. The zero-order chi connectivity index (χ0) is 16.5. The third-order valence-electron chi connectivity index (χ3n) is 8.83. The number of hydrogen-bond acceptors (Lipinski definition) is 1. The van der Waals surface area contributed by atoms with Gasteiger partial charge in [0, 0.05) is 5.41 Å². The number of hydrogen-bond donors (Lipinski definition) is 1. The summed E-state index contributed by atoms with van der Waals surface area (Å²) < 4.78 is 0. The Morgan fingerprint density at radius 3 is 2.65 bits per heavy atom. The van der Waals surface area contributed by atoms with E-state index in [2.05, 4.69) is 45.9 Å². The minimum Gasteiger partial charge on any atom is -0.389 e. The van der Waals surface area contributed by atoms with Crippen LogP contribution in [0, 0.1) is 34.5 Å². The summed E-state index contributed by atoms with van der Waals surface area (Å²) in [4.78, 5) is 0. The number of aliphatic hydroxyl groups is 1. The molecule has 1 nitrogen and oxygen atoms in total. The van der Waals surface area contributed by atoms with Gasteiger partial charge in [-0.2, -0.15) is 0 Å². The molecule has 4 rings (SSSR count). The monoisotopic (exact) mass is 314 g/mol. The number of fused-ring (bicyclic) bond motifs is 5. The van der Waals surface area contributed by atoms with Gasteiger partial charge in [0.25, 0.3) is 0 Å². The maximum atomic E-state index is 11.3. The fraction of sp³-hybridized carbons (Fsp3) is 0.818. The van der Waals surface area contributed by atoms with Gasteiger partial charge in [-0.05, 0) is 74.0 Å². The van der Waals surface area contributed by atoms with E-state index in [1.165, 1.54) is 25.7 Å². The maximum absolute atomic E-state index is 11.3. The lowest BCUT2D eigenvalue weighted by atomic mass is 9.45. The summed E-state index contributed by atoms with van der Waals surface area (Å²) in [5, 5.41) is 11.3. The third-order valence-corrected chi connectivity index (χ3v) is 8.83. The van der Waals surface area contributed by atoms with E-state index in [1.54, 1.807) is 5.57 Å². The molecule has 0 aromatic heterocycles. The van der Waals surface area contributed by atoms with Crippen LogP contribution in [-0.2, 0) is 0 Å². The minimum absolute atomic E-state index is 0.151. The van der Waals surface area contributed by atoms with Gasteiger partial charge in [-0.15, -0.1) is 0 Å². The van der Waals surface area contributed by atoms with Crippen molar-refractivity contribution in [3.05, 3.63) is 23.8 Å². The molecule has 0 aromatic carbocycles. The highest BCUT2D eigenvalue weighted by molar-refractivity contribution is 5.33. The van der Waals surface area contributed by atoms with Crippen molar-refractivity contribution in [1.29, 1.82) is 0 Å². The van der Waals surface area contributed by atoms with Crippen LogP contribution in [0.2, 0.25) is 0 Å². The Bertz CT molecular complexity index is 560. The molecular formula is C22H34O. The summed E-state index contributed by atoms with van der Waals surface area (Å²) >= 11 is 0. The van der Waals surface area contributed by atoms with Crippen molar-refractivity contribution in [1.82, 2.24) is 0 Å². The normalized spacial score (nSPS) is 54.9. The molecule has 0 amide bonds. The van der Waals surface area contributed by atoms with Gasteiger partial charge in [0.2, 0.25) is 0 Å². The van der Waals surface area contributed by atoms with E-state index in [0.29, 0.717) is 5.92 Å². The van der Waals surface area contributed by atoms with E-state index in [1.807, 2.05) is 0 Å². The molecule has 0 bridgehead atoms. The van der Waals surface area contributed by atoms with Crippen molar-refractivity contribution in [2.45, 2.75) is 78.2 Å². The lowest BCUT2D eigenvalue weighted by molar-refractivity contribution is -0.126. The van der Waals surface area contributed by atoms with E-state index < -0.39 is 5.60 Å². The fourth-order valence-corrected chi connectivity index (χ4v) is 7.48. The Morgan fingerprint density at radius 2 is 1.91 bits per heavy atom. The largest absolute Gasteiger partial charge is 0.389 e. The predicted octanol–water partition coefficient (Wildman–Crippen LogP) is 5.50. The molecule has 3 saturated carbocycles. The first-order chi connectivity index (χ1) is 10.9. The van der Waals surface area contributed by atoms with Gasteiger partial charge in [0.1, 0.15) is 0 Å². The maximum Gasteiger partial charge on any atom is 0.0701 e. The lowest BCUT2D eigenvalue weighted by Gasteiger charge is -2.59. The van der Waals surface area contributed by atoms with Gasteiger partial charge in [0.15, 0.2) is 0 Å². The molecule has 0 spiro atoms. The Hall–Kier alpha value is -0.560. The summed E-state index contributed by atoms with van der Waals surface area (Å²) in [5.41, 5.74) is 1.74. The molecule has 128 valence electrons. The van der Waals surface area contributed by atoms with E-state index >= 15 is 0 Å². The molecule has 0 saturated heterocycles. The molecule has 0 heterocycles. The molecule has 4 aliphatic rings. The summed E-state index contributed by atoms with van der Waals surface area (Å²) in [7, 11) is 0. The van der Waals surface area contributed by atoms with Gasteiger partial charge in [-0.1, -0.05) is 51.5 Å². The van der Waals surface area contributed by atoms with Crippen LogP contribution >= 0.6 is 0 Å². The quantitative estimate of drug-likeness (QED) is 0.633. The highest BCUT2D eigenvalue weighted by Gasteiger charge is 2.63. The summed E-state index contributed by atoms with van der Waals surface area (Å²) in [6, 6.07) is 0. The second kappa shape index (κ2) is 4.97.